The molecule has 0 radical (unpaired) electrons. The Balaban J connectivity index is 1.28. The summed E-state index contributed by atoms with van der Waals surface area (Å²) in [5, 5.41) is 7.74. The van der Waals surface area contributed by atoms with Gasteiger partial charge in [-0.3, -0.25) is 14.0 Å². The standard InChI is InChI=1S/C24H26N4O3/c1-2-22-26-27(24(30)20-15-21-19(28(20)22)12-14-31-21)13-6-11-23(29)25-18-10-5-8-16-7-3-4-9-17(16)18/h3-4,7,9,12,14-15,18H,2,5-6,8,10-11,13H2,1H3,(H,25,29). The zero-order valence-electron chi connectivity index (χ0n) is 17.6. The molecule has 0 aliphatic heterocycles. The molecule has 0 saturated heterocycles. The van der Waals surface area contributed by atoms with Crippen molar-refractivity contribution in [1.82, 2.24) is 19.5 Å². The van der Waals surface area contributed by atoms with E-state index >= 15 is 0 Å². The van der Waals surface area contributed by atoms with Crippen LogP contribution in [0.1, 0.15) is 55.6 Å². The van der Waals surface area contributed by atoms with Crippen molar-refractivity contribution in [2.75, 3.05) is 0 Å². The predicted molar refractivity (Wildman–Crippen MR) is 118 cm³/mol. The molecular weight excluding hydrogens is 392 g/mol. The van der Waals surface area contributed by atoms with E-state index in [-0.39, 0.29) is 17.5 Å². The monoisotopic (exact) mass is 418 g/mol. The van der Waals surface area contributed by atoms with E-state index in [2.05, 4.69) is 28.6 Å². The van der Waals surface area contributed by atoms with Gasteiger partial charge in [-0.25, -0.2) is 4.68 Å². The van der Waals surface area contributed by atoms with E-state index in [0.29, 0.717) is 36.9 Å². The Kier molecular flexibility index (Phi) is 5.10. The normalized spacial score (nSPS) is 16.0. The molecule has 3 aromatic heterocycles. The molecule has 0 bridgehead atoms. The molecule has 1 aliphatic carbocycles. The number of hydrogen-bond acceptors (Lipinski definition) is 4. The Morgan fingerprint density at radius 2 is 2.13 bits per heavy atom. The third-order valence-electron chi connectivity index (χ3n) is 6.17. The second-order valence-electron chi connectivity index (χ2n) is 8.15. The molecule has 7 nitrogen and oxygen atoms in total. The van der Waals surface area contributed by atoms with Crippen LogP contribution >= 0.6 is 0 Å². The number of nitrogens with zero attached hydrogens (tertiary/aromatic N) is 3. The Bertz CT molecular complexity index is 1310. The lowest BCUT2D eigenvalue weighted by Gasteiger charge is -2.26. The van der Waals surface area contributed by atoms with Crippen molar-refractivity contribution in [2.45, 2.75) is 58.0 Å². The van der Waals surface area contributed by atoms with Crippen LogP contribution in [0, 0.1) is 0 Å². The number of aromatic nitrogens is 3. The molecule has 1 atom stereocenters. The van der Waals surface area contributed by atoms with Gasteiger partial charge in [0.1, 0.15) is 11.3 Å². The van der Waals surface area contributed by atoms with Gasteiger partial charge in [-0.2, -0.15) is 5.10 Å². The average Bonchev–Trinajstić information content (AvgIpc) is 3.38. The van der Waals surface area contributed by atoms with Gasteiger partial charge in [0, 0.05) is 31.5 Å². The highest BCUT2D eigenvalue weighted by Crippen LogP contribution is 2.29. The number of nitrogens with one attached hydrogen (secondary N) is 1. The highest BCUT2D eigenvalue weighted by Gasteiger charge is 2.21. The number of fused-ring (bicyclic) bond motifs is 4. The van der Waals surface area contributed by atoms with Crippen molar-refractivity contribution in [2.24, 2.45) is 0 Å². The van der Waals surface area contributed by atoms with Crippen molar-refractivity contribution in [3.05, 3.63) is 70.0 Å². The van der Waals surface area contributed by atoms with Gasteiger partial charge in [-0.05, 0) is 36.8 Å². The molecule has 1 N–H and O–H groups in total. The van der Waals surface area contributed by atoms with Crippen LogP contribution < -0.4 is 10.9 Å². The Hall–Kier alpha value is -3.35. The quantitative estimate of drug-likeness (QED) is 0.517. The number of benzene rings is 1. The Morgan fingerprint density at radius 3 is 3.00 bits per heavy atom. The smallest absolute Gasteiger partial charge is 0.291 e. The fraction of sp³-hybridized carbons (Fsp3) is 0.375. The van der Waals surface area contributed by atoms with Crippen LogP contribution in [0.25, 0.3) is 16.6 Å². The summed E-state index contributed by atoms with van der Waals surface area (Å²) in [5.41, 5.74) is 4.49. The van der Waals surface area contributed by atoms with E-state index in [4.69, 9.17) is 4.42 Å². The van der Waals surface area contributed by atoms with Crippen molar-refractivity contribution < 1.29 is 9.21 Å². The van der Waals surface area contributed by atoms with E-state index in [1.165, 1.54) is 15.8 Å². The molecule has 31 heavy (non-hydrogen) atoms. The summed E-state index contributed by atoms with van der Waals surface area (Å²) in [7, 11) is 0. The van der Waals surface area contributed by atoms with Crippen LogP contribution in [0.2, 0.25) is 0 Å². The molecule has 7 heteroatoms. The minimum atomic E-state index is -0.162. The van der Waals surface area contributed by atoms with Gasteiger partial charge in [0.15, 0.2) is 5.58 Å². The summed E-state index contributed by atoms with van der Waals surface area (Å²) in [6.07, 6.45) is 6.35. The lowest BCUT2D eigenvalue weighted by molar-refractivity contribution is -0.122. The minimum Gasteiger partial charge on any atom is -0.463 e. The molecule has 0 fully saturated rings. The third-order valence-corrected chi connectivity index (χ3v) is 6.17. The van der Waals surface area contributed by atoms with Crippen LogP contribution in [-0.4, -0.2) is 20.1 Å². The number of amides is 1. The summed E-state index contributed by atoms with van der Waals surface area (Å²) in [4.78, 5) is 25.5. The van der Waals surface area contributed by atoms with Crippen molar-refractivity contribution in [3.8, 4) is 0 Å². The lowest BCUT2D eigenvalue weighted by atomic mass is 9.87. The molecule has 4 aromatic rings. The first-order chi connectivity index (χ1) is 15.2. The van der Waals surface area contributed by atoms with Crippen LogP contribution in [-0.2, 0) is 24.2 Å². The van der Waals surface area contributed by atoms with Crippen LogP contribution in [0.4, 0.5) is 0 Å². The second kappa shape index (κ2) is 8.06. The number of carbonyl (C=O) groups is 1. The van der Waals surface area contributed by atoms with Gasteiger partial charge in [0.05, 0.1) is 17.8 Å². The lowest BCUT2D eigenvalue weighted by Crippen LogP contribution is -2.31. The first kappa shape index (κ1) is 19.6. The first-order valence-corrected chi connectivity index (χ1v) is 11.0. The number of carbonyl (C=O) groups excluding carboxylic acids is 1. The number of hydrogen-bond donors (Lipinski definition) is 1. The predicted octanol–water partition coefficient (Wildman–Crippen LogP) is 3.78. The zero-order chi connectivity index (χ0) is 21.4. The molecule has 5 rings (SSSR count). The zero-order valence-corrected chi connectivity index (χ0v) is 17.6. The second-order valence-corrected chi connectivity index (χ2v) is 8.15. The molecule has 1 unspecified atom stereocenters. The molecule has 0 saturated carbocycles. The van der Waals surface area contributed by atoms with Crippen LogP contribution in [0.5, 0.6) is 0 Å². The van der Waals surface area contributed by atoms with Gasteiger partial charge in [-0.1, -0.05) is 31.2 Å². The Labute approximate surface area is 179 Å². The number of aryl methyl sites for hydroxylation is 3. The van der Waals surface area contributed by atoms with Gasteiger partial charge in [0.25, 0.3) is 5.56 Å². The van der Waals surface area contributed by atoms with E-state index < -0.39 is 0 Å². The van der Waals surface area contributed by atoms with Gasteiger partial charge >= 0.3 is 0 Å². The first-order valence-electron chi connectivity index (χ1n) is 11.0. The summed E-state index contributed by atoms with van der Waals surface area (Å²) in [6, 6.07) is 12.0. The molecule has 0 spiro atoms. The maximum atomic E-state index is 12.9. The molecule has 1 aromatic carbocycles. The largest absolute Gasteiger partial charge is 0.463 e. The third kappa shape index (κ3) is 3.54. The van der Waals surface area contributed by atoms with Crippen molar-refractivity contribution in [1.29, 1.82) is 0 Å². The average molecular weight is 418 g/mol. The molecule has 3 heterocycles. The fourth-order valence-corrected chi connectivity index (χ4v) is 4.66. The van der Waals surface area contributed by atoms with Crippen LogP contribution in [0.3, 0.4) is 0 Å². The molecule has 1 aliphatic rings. The Morgan fingerprint density at radius 1 is 1.26 bits per heavy atom. The van der Waals surface area contributed by atoms with Gasteiger partial charge in [0.2, 0.25) is 5.91 Å². The van der Waals surface area contributed by atoms with Crippen molar-refractivity contribution >= 4 is 22.5 Å². The van der Waals surface area contributed by atoms with E-state index in [0.717, 1.165) is 30.6 Å². The summed E-state index contributed by atoms with van der Waals surface area (Å²) < 4.78 is 8.81. The molecular formula is C24H26N4O3. The maximum Gasteiger partial charge on any atom is 0.291 e. The maximum absolute atomic E-state index is 12.9. The van der Waals surface area contributed by atoms with E-state index in [1.807, 2.05) is 23.5 Å². The summed E-state index contributed by atoms with van der Waals surface area (Å²) in [5.74, 6) is 0.820. The summed E-state index contributed by atoms with van der Waals surface area (Å²) >= 11 is 0. The molecule has 160 valence electrons. The van der Waals surface area contributed by atoms with Crippen molar-refractivity contribution in [3.63, 3.8) is 0 Å². The minimum absolute atomic E-state index is 0.0201. The SMILES string of the molecule is CCc1nn(CCCC(=O)NC2CCCc3ccccc32)c(=O)c2cc3occc3n12. The number of furan rings is 1. The topological polar surface area (TPSA) is 81.5 Å². The molecule has 1 amide bonds. The van der Waals surface area contributed by atoms with E-state index in [1.54, 1.807) is 12.3 Å². The highest BCUT2D eigenvalue weighted by atomic mass is 16.3. The van der Waals surface area contributed by atoms with Gasteiger partial charge < -0.3 is 9.73 Å². The van der Waals surface area contributed by atoms with E-state index in [9.17, 15) is 9.59 Å². The van der Waals surface area contributed by atoms with Gasteiger partial charge in [-0.15, -0.1) is 0 Å². The summed E-state index contributed by atoms with van der Waals surface area (Å²) in [6.45, 7) is 2.42. The number of rotatable bonds is 6. The fourth-order valence-electron chi connectivity index (χ4n) is 4.66. The highest BCUT2D eigenvalue weighted by molar-refractivity contribution is 5.82. The van der Waals surface area contributed by atoms with Crippen LogP contribution in [0.15, 0.2) is 51.9 Å².